The van der Waals surface area contributed by atoms with Crippen molar-refractivity contribution in [2.24, 2.45) is 16.7 Å². The lowest BCUT2D eigenvalue weighted by atomic mass is 9.70. The van der Waals surface area contributed by atoms with Crippen molar-refractivity contribution in [2.45, 2.75) is 91.8 Å². The van der Waals surface area contributed by atoms with Crippen LogP contribution in [0.1, 0.15) is 84.5 Å². The van der Waals surface area contributed by atoms with Gasteiger partial charge in [-0.3, -0.25) is 9.59 Å². The molecule has 230 valence electrons. The molecule has 0 amide bonds. The van der Waals surface area contributed by atoms with E-state index in [4.69, 9.17) is 4.74 Å². The monoisotopic (exact) mass is 604 g/mol. The van der Waals surface area contributed by atoms with Gasteiger partial charge < -0.3 is 14.2 Å². The van der Waals surface area contributed by atoms with Crippen LogP contribution in [0.15, 0.2) is 17.1 Å². The number of carbonyl (C=O) groups excluding carboxylic acids is 2. The Morgan fingerprint density at radius 1 is 1.26 bits per heavy atom. The molecule has 0 spiro atoms. The number of halogens is 1. The summed E-state index contributed by atoms with van der Waals surface area (Å²) in [5.41, 5.74) is -2.52. The van der Waals surface area contributed by atoms with Crippen LogP contribution in [0, 0.1) is 22.6 Å². The number of esters is 1. The molecular formula is C30H41FN4O6S. The molecule has 4 atom stereocenters. The van der Waals surface area contributed by atoms with Gasteiger partial charge in [0.1, 0.15) is 17.0 Å². The number of hydrogen-bond acceptors (Lipinski definition) is 8. The molecule has 1 N–H and O–H groups in total. The van der Waals surface area contributed by atoms with Crippen LogP contribution in [0.5, 0.6) is 0 Å². The third-order valence-electron chi connectivity index (χ3n) is 9.90. The topological polar surface area (TPSA) is 128 Å². The lowest BCUT2D eigenvalue weighted by Crippen LogP contribution is -2.48. The Hall–Kier alpha value is -2.86. The molecule has 5 rings (SSSR count). The van der Waals surface area contributed by atoms with Crippen LogP contribution in [0.2, 0.25) is 0 Å². The average molecular weight is 605 g/mol. The fraction of sp³-hybridized carbons (Fsp3) is 0.667. The number of pyridine rings is 2. The molecule has 0 unspecified atom stereocenters. The summed E-state index contributed by atoms with van der Waals surface area (Å²) in [7, 11) is -3.82. The standard InChI is InChI=1S/C30H41FN4O6S/c1-8-41-27(38)21-15-35(28(3,4)5)25-20(24(21)37)13-22(31)26(32-25)34-14-19(11-17(34)2)33-42(39,40)16-30-10-9-18(12-23(30)36)29(30,6)7/h13,15,17-19,33H,8-12,14,16H2,1-7H3/t17-,18-,19+,30-/m0/s1. The molecule has 1 saturated heterocycles. The maximum Gasteiger partial charge on any atom is 0.343 e. The van der Waals surface area contributed by atoms with Gasteiger partial charge in [0.05, 0.1) is 17.7 Å². The lowest BCUT2D eigenvalue weighted by Gasteiger charge is -2.36. The van der Waals surface area contributed by atoms with E-state index >= 15 is 4.39 Å². The summed E-state index contributed by atoms with van der Waals surface area (Å²) in [6, 6.07) is 0.328. The second-order valence-corrected chi connectivity index (χ2v) is 15.5. The van der Waals surface area contributed by atoms with E-state index in [0.717, 1.165) is 12.5 Å². The van der Waals surface area contributed by atoms with E-state index in [2.05, 4.69) is 9.71 Å². The smallest absolute Gasteiger partial charge is 0.343 e. The molecular weight excluding hydrogens is 563 g/mol. The average Bonchev–Trinajstić information content (AvgIpc) is 3.40. The molecule has 3 heterocycles. The van der Waals surface area contributed by atoms with Gasteiger partial charge in [-0.15, -0.1) is 0 Å². The van der Waals surface area contributed by atoms with Gasteiger partial charge in [0.2, 0.25) is 15.5 Å². The molecule has 42 heavy (non-hydrogen) atoms. The number of ketones is 1. The molecule has 2 aromatic rings. The third kappa shape index (κ3) is 4.84. The Morgan fingerprint density at radius 2 is 1.95 bits per heavy atom. The molecule has 3 fully saturated rings. The third-order valence-corrected chi connectivity index (χ3v) is 11.5. The highest BCUT2D eigenvalue weighted by Gasteiger charge is 2.65. The molecule has 2 aromatic heterocycles. The predicted octanol–water partition coefficient (Wildman–Crippen LogP) is 3.75. The number of sulfonamides is 1. The molecule has 2 aliphatic carbocycles. The van der Waals surface area contributed by atoms with Crippen molar-refractivity contribution in [3.63, 3.8) is 0 Å². The van der Waals surface area contributed by atoms with Crippen LogP contribution in [-0.2, 0) is 25.1 Å². The number of aromatic nitrogens is 2. The number of nitrogens with zero attached hydrogens (tertiary/aromatic N) is 3. The van der Waals surface area contributed by atoms with E-state index in [1.807, 2.05) is 41.5 Å². The Kier molecular flexibility index (Phi) is 7.36. The van der Waals surface area contributed by atoms with Crippen LogP contribution in [0.3, 0.4) is 0 Å². The zero-order valence-electron chi connectivity index (χ0n) is 25.4. The van der Waals surface area contributed by atoms with E-state index in [-0.39, 0.29) is 64.5 Å². The van der Waals surface area contributed by atoms with Gasteiger partial charge in [-0.05, 0) is 71.3 Å². The molecule has 10 nitrogen and oxygen atoms in total. The Labute approximate surface area is 246 Å². The number of fused-ring (bicyclic) bond motifs is 3. The van der Waals surface area contributed by atoms with Crippen LogP contribution in [-0.4, -0.2) is 60.7 Å². The first-order valence-corrected chi connectivity index (χ1v) is 16.3. The van der Waals surface area contributed by atoms with Gasteiger partial charge in [-0.1, -0.05) is 13.8 Å². The number of nitrogens with one attached hydrogen (secondary N) is 1. The minimum atomic E-state index is -3.82. The lowest BCUT2D eigenvalue weighted by molar-refractivity contribution is -0.128. The van der Waals surface area contributed by atoms with Gasteiger partial charge in [0, 0.05) is 42.2 Å². The molecule has 1 aliphatic heterocycles. The van der Waals surface area contributed by atoms with Crippen molar-refractivity contribution >= 4 is 38.6 Å². The van der Waals surface area contributed by atoms with E-state index in [1.54, 1.807) is 16.4 Å². The number of Topliss-reactive ketones (excluding diaryl/α,β-unsaturated/α-hetero) is 1. The predicted molar refractivity (Wildman–Crippen MR) is 158 cm³/mol. The minimum absolute atomic E-state index is 0.00214. The Morgan fingerprint density at radius 3 is 2.52 bits per heavy atom. The summed E-state index contributed by atoms with van der Waals surface area (Å²) < 4.78 is 52.0. The molecule has 0 aromatic carbocycles. The second kappa shape index (κ2) is 10.1. The first-order chi connectivity index (χ1) is 19.4. The zero-order valence-corrected chi connectivity index (χ0v) is 26.2. The maximum absolute atomic E-state index is 15.7. The highest BCUT2D eigenvalue weighted by molar-refractivity contribution is 7.89. The van der Waals surface area contributed by atoms with Crippen molar-refractivity contribution in [2.75, 3.05) is 23.8 Å². The highest BCUT2D eigenvalue weighted by Crippen LogP contribution is 2.64. The van der Waals surface area contributed by atoms with Gasteiger partial charge >= 0.3 is 5.97 Å². The molecule has 2 bridgehead atoms. The molecule has 12 heteroatoms. The quantitative estimate of drug-likeness (QED) is 0.474. The maximum atomic E-state index is 15.7. The number of anilines is 1. The van der Waals surface area contributed by atoms with Crippen molar-refractivity contribution in [1.29, 1.82) is 0 Å². The SMILES string of the molecule is CCOC(=O)c1cn(C(C)(C)C)c2nc(N3C[C@H](NS(=O)(=O)C[C@@]45CC[C@@H](CC4=O)C5(C)C)C[C@@H]3C)c(F)cc2c1=O. The fourth-order valence-electron chi connectivity index (χ4n) is 7.42. The van der Waals surface area contributed by atoms with Crippen LogP contribution in [0.4, 0.5) is 10.2 Å². The number of ether oxygens (including phenoxy) is 1. The van der Waals surface area contributed by atoms with Crippen molar-refractivity contribution in [3.05, 3.63) is 33.9 Å². The molecule has 3 aliphatic rings. The van der Waals surface area contributed by atoms with Gasteiger partial charge in [-0.2, -0.15) is 0 Å². The Bertz CT molecular complexity index is 1630. The van der Waals surface area contributed by atoms with E-state index < -0.39 is 44.2 Å². The fourth-order valence-corrected chi connectivity index (χ4v) is 9.51. The van der Waals surface area contributed by atoms with Crippen LogP contribution < -0.4 is 15.1 Å². The van der Waals surface area contributed by atoms with Gasteiger partial charge in [0.25, 0.3) is 0 Å². The number of hydrogen-bond donors (Lipinski definition) is 1. The van der Waals surface area contributed by atoms with Gasteiger partial charge in [0.15, 0.2) is 11.6 Å². The summed E-state index contributed by atoms with van der Waals surface area (Å²) in [5, 5.41) is -0.0428. The number of rotatable bonds is 7. The summed E-state index contributed by atoms with van der Waals surface area (Å²) in [6.45, 7) is 13.4. The first-order valence-electron chi connectivity index (χ1n) is 14.7. The normalized spacial score (nSPS) is 27.3. The largest absolute Gasteiger partial charge is 0.462 e. The summed E-state index contributed by atoms with van der Waals surface area (Å²) >= 11 is 0. The Balaban J connectivity index is 1.45. The summed E-state index contributed by atoms with van der Waals surface area (Å²) in [4.78, 5) is 45.0. The minimum Gasteiger partial charge on any atom is -0.462 e. The zero-order chi connectivity index (χ0) is 31.0. The van der Waals surface area contributed by atoms with Crippen molar-refractivity contribution in [1.82, 2.24) is 14.3 Å². The van der Waals surface area contributed by atoms with Crippen LogP contribution in [0.25, 0.3) is 11.0 Å². The number of carbonyl (C=O) groups is 2. The van der Waals surface area contributed by atoms with E-state index in [0.29, 0.717) is 19.3 Å². The van der Waals surface area contributed by atoms with E-state index in [1.165, 1.54) is 6.20 Å². The molecule has 2 saturated carbocycles. The summed E-state index contributed by atoms with van der Waals surface area (Å²) in [5.74, 6) is -1.52. The highest BCUT2D eigenvalue weighted by atomic mass is 32.2. The van der Waals surface area contributed by atoms with Crippen molar-refractivity contribution in [3.8, 4) is 0 Å². The summed E-state index contributed by atoms with van der Waals surface area (Å²) in [6.07, 6.45) is 3.69. The second-order valence-electron chi connectivity index (χ2n) is 13.8. The van der Waals surface area contributed by atoms with Crippen LogP contribution >= 0.6 is 0 Å². The van der Waals surface area contributed by atoms with E-state index in [9.17, 15) is 22.8 Å². The van der Waals surface area contributed by atoms with Crippen molar-refractivity contribution < 1.29 is 27.1 Å². The van der Waals surface area contributed by atoms with Gasteiger partial charge in [-0.25, -0.2) is 27.3 Å². The first kappa shape index (κ1) is 30.6. The molecule has 0 radical (unpaired) electrons.